The van der Waals surface area contributed by atoms with E-state index in [9.17, 15) is 9.59 Å². The molecule has 0 aliphatic rings. The monoisotopic (exact) mass is 478 g/mol. The molecule has 33 heavy (non-hydrogen) atoms. The summed E-state index contributed by atoms with van der Waals surface area (Å²) in [6.07, 6.45) is 16.3. The Hall–Kier alpha value is -1.67. The van der Waals surface area contributed by atoms with Gasteiger partial charge in [0.15, 0.2) is 0 Å². The first-order valence-electron chi connectivity index (χ1n) is 12.6. The third-order valence-corrected chi connectivity index (χ3v) is 4.63. The van der Waals surface area contributed by atoms with Gasteiger partial charge in [-0.3, -0.25) is 14.4 Å². The third kappa shape index (κ3) is 44.7. The van der Waals surface area contributed by atoms with E-state index in [1.165, 1.54) is 64.2 Å². The summed E-state index contributed by atoms with van der Waals surface area (Å²) in [6.45, 7) is 4.98. The number of aliphatic hydroxyl groups is 2. The number of unbranched alkanes of at least 4 members (excludes halogenated alkanes) is 12. The average Bonchev–Trinajstić information content (AvgIpc) is 2.76. The number of carbonyl (C=O) groups excluding carboxylic acids is 1. The van der Waals surface area contributed by atoms with Gasteiger partial charge in [-0.2, -0.15) is 0 Å². The van der Waals surface area contributed by atoms with Crippen LogP contribution in [0.5, 0.6) is 0 Å². The van der Waals surface area contributed by atoms with Crippen molar-refractivity contribution >= 4 is 17.9 Å². The molecule has 0 aromatic carbocycles. The maximum Gasteiger partial charge on any atom is 0.305 e. The van der Waals surface area contributed by atoms with Gasteiger partial charge in [-0.15, -0.1) is 0 Å². The van der Waals surface area contributed by atoms with Gasteiger partial charge in [0.2, 0.25) is 0 Å². The number of carbonyl (C=O) groups is 3. The molecule has 0 spiro atoms. The van der Waals surface area contributed by atoms with E-state index in [0.717, 1.165) is 32.6 Å². The number of esters is 1. The SMILES string of the molecule is CC(=O)O.CCCCCCCC(=O)O.CCCCCCCCCCCC(=O)OCC(O)CO. The molecule has 0 bridgehead atoms. The zero-order chi connectivity index (χ0) is 25.7. The molecule has 0 fully saturated rings. The van der Waals surface area contributed by atoms with Gasteiger partial charge in [-0.1, -0.05) is 90.9 Å². The summed E-state index contributed by atoms with van der Waals surface area (Å²) >= 11 is 0. The lowest BCUT2D eigenvalue weighted by atomic mass is 10.1. The number of aliphatic hydroxyl groups excluding tert-OH is 2. The quantitative estimate of drug-likeness (QED) is 0.144. The Labute approximate surface area is 200 Å². The van der Waals surface area contributed by atoms with Crippen molar-refractivity contribution < 1.29 is 39.5 Å². The molecule has 0 aromatic heterocycles. The highest BCUT2D eigenvalue weighted by molar-refractivity contribution is 5.69. The molecule has 198 valence electrons. The number of hydrogen-bond donors (Lipinski definition) is 4. The van der Waals surface area contributed by atoms with Crippen LogP contribution in [0, 0.1) is 0 Å². The van der Waals surface area contributed by atoms with Crippen molar-refractivity contribution in [2.24, 2.45) is 0 Å². The number of hydrogen-bond acceptors (Lipinski definition) is 6. The molecule has 1 atom stereocenters. The van der Waals surface area contributed by atoms with E-state index < -0.39 is 18.0 Å². The van der Waals surface area contributed by atoms with Crippen LogP contribution < -0.4 is 0 Å². The van der Waals surface area contributed by atoms with Crippen LogP contribution >= 0.6 is 0 Å². The molecule has 8 heteroatoms. The Morgan fingerprint density at radius 2 is 1.06 bits per heavy atom. The lowest BCUT2D eigenvalue weighted by molar-refractivity contribution is -0.147. The average molecular weight is 479 g/mol. The van der Waals surface area contributed by atoms with Crippen LogP contribution in [0.3, 0.4) is 0 Å². The van der Waals surface area contributed by atoms with Gasteiger partial charge in [0.25, 0.3) is 5.97 Å². The van der Waals surface area contributed by atoms with Gasteiger partial charge in [0.1, 0.15) is 12.7 Å². The molecule has 8 nitrogen and oxygen atoms in total. The maximum absolute atomic E-state index is 11.3. The summed E-state index contributed by atoms with van der Waals surface area (Å²) in [6, 6.07) is 0. The topological polar surface area (TPSA) is 141 Å². The molecule has 0 aliphatic carbocycles. The molecule has 0 aliphatic heterocycles. The first-order valence-corrected chi connectivity index (χ1v) is 12.6. The highest BCUT2D eigenvalue weighted by Crippen LogP contribution is 2.10. The van der Waals surface area contributed by atoms with Crippen LogP contribution in [0.1, 0.15) is 124 Å². The van der Waals surface area contributed by atoms with E-state index in [1.54, 1.807) is 0 Å². The molecule has 0 radical (unpaired) electrons. The van der Waals surface area contributed by atoms with Crippen molar-refractivity contribution in [2.45, 2.75) is 130 Å². The molecule has 0 amide bonds. The Bertz CT molecular complexity index is 436. The van der Waals surface area contributed by atoms with Crippen LogP contribution in [0.15, 0.2) is 0 Å². The fraction of sp³-hybridized carbons (Fsp3) is 0.880. The first-order chi connectivity index (χ1) is 15.7. The molecule has 0 aromatic rings. The number of carboxylic acids is 2. The number of aliphatic carboxylic acids is 2. The molecule has 0 saturated carbocycles. The molecular weight excluding hydrogens is 428 g/mol. The minimum atomic E-state index is -0.952. The lowest BCUT2D eigenvalue weighted by Gasteiger charge is -2.08. The van der Waals surface area contributed by atoms with Crippen molar-refractivity contribution in [1.82, 2.24) is 0 Å². The summed E-state index contributed by atoms with van der Waals surface area (Å²) in [7, 11) is 0. The summed E-state index contributed by atoms with van der Waals surface area (Å²) in [5.41, 5.74) is 0. The van der Waals surface area contributed by atoms with E-state index in [0.29, 0.717) is 12.8 Å². The highest BCUT2D eigenvalue weighted by atomic mass is 16.5. The Morgan fingerprint density at radius 3 is 1.42 bits per heavy atom. The van der Waals surface area contributed by atoms with E-state index in [4.69, 9.17) is 30.0 Å². The Balaban J connectivity index is -0.000000534. The predicted molar refractivity (Wildman–Crippen MR) is 130 cm³/mol. The second-order valence-electron chi connectivity index (χ2n) is 8.17. The normalized spacial score (nSPS) is 10.8. The molecule has 0 rings (SSSR count). The standard InChI is InChI=1S/C15H30O4.C8H16O2.C2H4O2/c1-2-3-4-5-6-7-8-9-10-11-15(18)19-13-14(17)12-16;1-2-3-4-5-6-7-8(9)10;1-2(3)4/h14,16-17H,2-13H2,1H3;2-7H2,1H3,(H,9,10);1H3,(H,3,4). The van der Waals surface area contributed by atoms with Crippen LogP contribution in [0.4, 0.5) is 0 Å². The van der Waals surface area contributed by atoms with E-state index >= 15 is 0 Å². The third-order valence-electron chi connectivity index (χ3n) is 4.63. The Kier molecular flexibility index (Phi) is 33.0. The minimum absolute atomic E-state index is 0.104. The van der Waals surface area contributed by atoms with Gasteiger partial charge < -0.3 is 25.2 Å². The number of rotatable bonds is 19. The summed E-state index contributed by atoms with van der Waals surface area (Å²) in [5, 5.41) is 33.3. The Morgan fingerprint density at radius 1 is 0.697 bits per heavy atom. The highest BCUT2D eigenvalue weighted by Gasteiger charge is 2.07. The van der Waals surface area contributed by atoms with E-state index in [2.05, 4.69) is 13.8 Å². The molecule has 0 saturated heterocycles. The van der Waals surface area contributed by atoms with E-state index in [-0.39, 0.29) is 19.2 Å². The van der Waals surface area contributed by atoms with Gasteiger partial charge in [-0.05, 0) is 12.8 Å². The second kappa shape index (κ2) is 30.3. The van der Waals surface area contributed by atoms with E-state index in [1.807, 2.05) is 0 Å². The second-order valence-corrected chi connectivity index (χ2v) is 8.17. The predicted octanol–water partition coefficient (Wildman–Crippen LogP) is 5.33. The minimum Gasteiger partial charge on any atom is -0.481 e. The van der Waals surface area contributed by atoms with Crippen LogP contribution in [-0.2, 0) is 19.1 Å². The van der Waals surface area contributed by atoms with Crippen molar-refractivity contribution in [3.8, 4) is 0 Å². The van der Waals surface area contributed by atoms with Gasteiger partial charge >= 0.3 is 11.9 Å². The van der Waals surface area contributed by atoms with Gasteiger partial charge in [0, 0.05) is 19.8 Å². The van der Waals surface area contributed by atoms with Gasteiger partial charge in [0.05, 0.1) is 6.61 Å². The summed E-state index contributed by atoms with van der Waals surface area (Å²) in [4.78, 5) is 30.3. The zero-order valence-electron chi connectivity index (χ0n) is 21.2. The summed E-state index contributed by atoms with van der Waals surface area (Å²) < 4.78 is 4.82. The van der Waals surface area contributed by atoms with Crippen molar-refractivity contribution in [3.05, 3.63) is 0 Å². The van der Waals surface area contributed by atoms with Crippen molar-refractivity contribution in [2.75, 3.05) is 13.2 Å². The molecular formula is C25H50O8. The fourth-order valence-corrected chi connectivity index (χ4v) is 2.77. The fourth-order valence-electron chi connectivity index (χ4n) is 2.77. The largest absolute Gasteiger partial charge is 0.481 e. The van der Waals surface area contributed by atoms with Crippen molar-refractivity contribution in [3.63, 3.8) is 0 Å². The lowest BCUT2D eigenvalue weighted by Crippen LogP contribution is -2.21. The first kappa shape index (κ1) is 35.9. The van der Waals surface area contributed by atoms with Crippen molar-refractivity contribution in [1.29, 1.82) is 0 Å². The summed E-state index contributed by atoms with van der Waals surface area (Å²) in [5.74, 6) is -1.79. The zero-order valence-corrected chi connectivity index (χ0v) is 21.2. The molecule has 1 unspecified atom stereocenters. The van der Waals surface area contributed by atoms with Gasteiger partial charge in [-0.25, -0.2) is 0 Å². The smallest absolute Gasteiger partial charge is 0.305 e. The molecule has 4 N–H and O–H groups in total. The number of ether oxygens (including phenoxy) is 1. The van der Waals surface area contributed by atoms with Crippen LogP contribution in [0.25, 0.3) is 0 Å². The number of carboxylic acid groups (broad SMARTS) is 2. The molecule has 0 heterocycles. The maximum atomic E-state index is 11.3. The van der Waals surface area contributed by atoms with Crippen LogP contribution in [0.2, 0.25) is 0 Å². The van der Waals surface area contributed by atoms with Crippen LogP contribution in [-0.4, -0.2) is 57.7 Å².